The number of aliphatic imine (C=N–C) groups is 2. The minimum Gasteiger partial charge on any atom is -0.356 e. The van der Waals surface area contributed by atoms with Crippen LogP contribution in [0, 0.1) is 5.82 Å². The summed E-state index contributed by atoms with van der Waals surface area (Å²) in [6.45, 7) is 2.39. The molecule has 5 rings (SSSR count). The Kier molecular flexibility index (Phi) is 5.91. The Labute approximate surface area is 198 Å². The number of hydrogen-bond donors (Lipinski definition) is 2. The fourth-order valence-electron chi connectivity index (χ4n) is 4.71. The van der Waals surface area contributed by atoms with Gasteiger partial charge in [-0.3, -0.25) is 4.79 Å². The molecule has 3 N–H and O–H groups in total. The predicted molar refractivity (Wildman–Crippen MR) is 121 cm³/mol. The van der Waals surface area contributed by atoms with Crippen LogP contribution in [0.15, 0.2) is 46.0 Å². The summed E-state index contributed by atoms with van der Waals surface area (Å²) in [6, 6.07) is 2.91. The molecule has 0 unspecified atom stereocenters. The van der Waals surface area contributed by atoms with Crippen LogP contribution in [0.1, 0.15) is 30.1 Å². The zero-order chi connectivity index (χ0) is 24.7. The molecule has 184 valence electrons. The third kappa shape index (κ3) is 4.45. The average molecular weight is 489 g/mol. The second-order valence-electron chi connectivity index (χ2n) is 8.60. The van der Waals surface area contributed by atoms with E-state index in [1.807, 2.05) is 4.57 Å². The number of piperidine rings is 1. The number of benzene rings is 1. The summed E-state index contributed by atoms with van der Waals surface area (Å²) in [5, 5.41) is 2.71. The Morgan fingerprint density at radius 3 is 2.66 bits per heavy atom. The lowest BCUT2D eigenvalue weighted by Gasteiger charge is -2.35. The highest BCUT2D eigenvalue weighted by atomic mass is 19.4. The van der Waals surface area contributed by atoms with E-state index in [0.29, 0.717) is 43.3 Å². The number of amidine groups is 2. The van der Waals surface area contributed by atoms with Crippen molar-refractivity contribution in [3.63, 3.8) is 0 Å². The van der Waals surface area contributed by atoms with Crippen molar-refractivity contribution in [1.29, 1.82) is 0 Å². The summed E-state index contributed by atoms with van der Waals surface area (Å²) in [5.74, 6) is 0.556. The van der Waals surface area contributed by atoms with Crippen LogP contribution in [0.3, 0.4) is 0 Å². The summed E-state index contributed by atoms with van der Waals surface area (Å²) in [7, 11) is 0. The number of hydrogen-bond acceptors (Lipinski definition) is 6. The van der Waals surface area contributed by atoms with E-state index in [2.05, 4.69) is 25.2 Å². The fraction of sp³-hybridized carbons (Fsp3) is 0.391. The number of carbonyl (C=O) groups is 1. The summed E-state index contributed by atoms with van der Waals surface area (Å²) >= 11 is 0. The van der Waals surface area contributed by atoms with Gasteiger partial charge in [0.1, 0.15) is 30.0 Å². The van der Waals surface area contributed by atoms with E-state index in [0.717, 1.165) is 36.6 Å². The maximum Gasteiger partial charge on any atom is 0.419 e. The normalized spacial score (nSPS) is 18.7. The number of aromatic nitrogens is 2. The van der Waals surface area contributed by atoms with E-state index >= 15 is 0 Å². The van der Waals surface area contributed by atoms with Crippen LogP contribution in [0.25, 0.3) is 11.3 Å². The molecule has 1 fully saturated rings. The van der Waals surface area contributed by atoms with Crippen LogP contribution >= 0.6 is 0 Å². The third-order valence-corrected chi connectivity index (χ3v) is 6.37. The van der Waals surface area contributed by atoms with E-state index in [4.69, 9.17) is 5.73 Å². The van der Waals surface area contributed by atoms with Crippen LogP contribution in [0.2, 0.25) is 0 Å². The van der Waals surface area contributed by atoms with Crippen molar-refractivity contribution in [3.05, 3.63) is 53.3 Å². The van der Waals surface area contributed by atoms with Gasteiger partial charge in [-0.05, 0) is 31.0 Å². The first kappa shape index (κ1) is 23.2. The Bertz CT molecular complexity index is 1250. The van der Waals surface area contributed by atoms with E-state index in [9.17, 15) is 22.4 Å². The van der Waals surface area contributed by atoms with Gasteiger partial charge < -0.3 is 20.5 Å². The topological polar surface area (TPSA) is 101 Å². The van der Waals surface area contributed by atoms with E-state index < -0.39 is 17.6 Å². The minimum atomic E-state index is -4.79. The largest absolute Gasteiger partial charge is 0.419 e. The molecule has 3 aliphatic heterocycles. The molecule has 0 bridgehead atoms. The molecule has 0 saturated carbocycles. The smallest absolute Gasteiger partial charge is 0.356 e. The molecule has 12 heteroatoms. The molecule has 2 aromatic rings. The summed E-state index contributed by atoms with van der Waals surface area (Å²) in [6.07, 6.45) is -0.148. The van der Waals surface area contributed by atoms with Gasteiger partial charge in [-0.2, -0.15) is 13.2 Å². The van der Waals surface area contributed by atoms with Gasteiger partial charge in [0.2, 0.25) is 5.91 Å². The number of amides is 1. The maximum absolute atomic E-state index is 13.8. The first-order valence-corrected chi connectivity index (χ1v) is 11.3. The molecule has 1 aromatic heterocycles. The molecule has 35 heavy (non-hydrogen) atoms. The van der Waals surface area contributed by atoms with Crippen molar-refractivity contribution >= 4 is 17.6 Å². The molecule has 0 radical (unpaired) electrons. The van der Waals surface area contributed by atoms with E-state index in [1.165, 1.54) is 12.1 Å². The van der Waals surface area contributed by atoms with Crippen molar-refractivity contribution in [1.82, 2.24) is 19.8 Å². The van der Waals surface area contributed by atoms with Crippen LogP contribution in [0.4, 0.5) is 17.6 Å². The second-order valence-corrected chi connectivity index (χ2v) is 8.60. The number of rotatable bonds is 4. The van der Waals surface area contributed by atoms with Gasteiger partial charge in [-0.15, -0.1) is 0 Å². The highest BCUT2D eigenvalue weighted by Crippen LogP contribution is 2.35. The summed E-state index contributed by atoms with van der Waals surface area (Å²) in [5.41, 5.74) is 5.69. The first-order chi connectivity index (χ1) is 16.7. The number of nitrogens with zero attached hydrogens (tertiary/aromatic N) is 5. The summed E-state index contributed by atoms with van der Waals surface area (Å²) < 4.78 is 55.2. The van der Waals surface area contributed by atoms with Gasteiger partial charge in [0.15, 0.2) is 0 Å². The highest BCUT2D eigenvalue weighted by molar-refractivity contribution is 6.33. The van der Waals surface area contributed by atoms with Crippen LogP contribution in [-0.2, 0) is 17.5 Å². The SMILES string of the molecule is NCCn1cc(-c2ccc(F)c(C(F)(F)F)c2)nc1C1CCN(C2=NCN=C3NC(=O)C=C32)CC1. The van der Waals surface area contributed by atoms with Crippen molar-refractivity contribution < 1.29 is 22.4 Å². The fourth-order valence-corrected chi connectivity index (χ4v) is 4.71. The quantitative estimate of drug-likeness (QED) is 0.645. The standard InChI is InChI=1S/C23H23F4N7O/c24-17-2-1-14(9-16(17)23(25,26)27)18-11-34(8-5-28)21(31-18)13-3-6-33(7-4-13)22-15-10-19(35)32-20(15)29-12-30-22/h1-2,9-11,13H,3-8,12,28H2,(H,29,32,35). The zero-order valence-corrected chi connectivity index (χ0v) is 18.6. The monoisotopic (exact) mass is 489 g/mol. The Morgan fingerprint density at radius 2 is 1.94 bits per heavy atom. The Morgan fingerprint density at radius 1 is 1.17 bits per heavy atom. The number of imidazole rings is 1. The van der Waals surface area contributed by atoms with Crippen molar-refractivity contribution in [2.24, 2.45) is 15.7 Å². The Balaban J connectivity index is 1.36. The number of carbonyl (C=O) groups excluding carboxylic acids is 1. The lowest BCUT2D eigenvalue weighted by atomic mass is 9.95. The van der Waals surface area contributed by atoms with Gasteiger partial charge >= 0.3 is 6.18 Å². The van der Waals surface area contributed by atoms with Crippen LogP contribution < -0.4 is 11.1 Å². The predicted octanol–water partition coefficient (Wildman–Crippen LogP) is 2.67. The van der Waals surface area contributed by atoms with Crippen LogP contribution in [0.5, 0.6) is 0 Å². The third-order valence-electron chi connectivity index (χ3n) is 6.37. The second kappa shape index (κ2) is 8.91. The molecule has 3 aliphatic rings. The number of alkyl halides is 3. The molecule has 1 aromatic carbocycles. The molecule has 0 aliphatic carbocycles. The van der Waals surface area contributed by atoms with Gasteiger partial charge in [0, 0.05) is 49.9 Å². The molecule has 0 atom stereocenters. The average Bonchev–Trinajstić information content (AvgIpc) is 3.41. The molecule has 4 heterocycles. The van der Waals surface area contributed by atoms with Gasteiger partial charge in [-0.25, -0.2) is 19.4 Å². The zero-order valence-electron chi connectivity index (χ0n) is 18.6. The number of likely N-dealkylation sites (tertiary alicyclic amines) is 1. The van der Waals surface area contributed by atoms with E-state index in [-0.39, 0.29) is 24.1 Å². The molecular formula is C23H23F4N7O. The lowest BCUT2D eigenvalue weighted by Crippen LogP contribution is -2.42. The van der Waals surface area contributed by atoms with Crippen LogP contribution in [-0.4, -0.2) is 58.3 Å². The molecule has 1 saturated heterocycles. The lowest BCUT2D eigenvalue weighted by molar-refractivity contribution is -0.140. The molecule has 0 spiro atoms. The van der Waals surface area contributed by atoms with Crippen molar-refractivity contribution in [2.75, 3.05) is 26.3 Å². The maximum atomic E-state index is 13.8. The van der Waals surface area contributed by atoms with Crippen molar-refractivity contribution in [2.45, 2.75) is 31.5 Å². The van der Waals surface area contributed by atoms with E-state index in [1.54, 1.807) is 6.20 Å². The number of nitrogens with one attached hydrogen (secondary N) is 1. The molecular weight excluding hydrogens is 466 g/mol. The number of fused-ring (bicyclic) bond motifs is 1. The molecule has 1 amide bonds. The minimum absolute atomic E-state index is 0.0590. The molecule has 8 nitrogen and oxygen atoms in total. The van der Waals surface area contributed by atoms with Gasteiger partial charge in [0.05, 0.1) is 16.8 Å². The first-order valence-electron chi connectivity index (χ1n) is 11.3. The van der Waals surface area contributed by atoms with Gasteiger partial charge in [-0.1, -0.05) is 0 Å². The van der Waals surface area contributed by atoms with Gasteiger partial charge in [0.25, 0.3) is 0 Å². The number of halogens is 4. The highest BCUT2D eigenvalue weighted by Gasteiger charge is 2.35. The van der Waals surface area contributed by atoms with Crippen molar-refractivity contribution in [3.8, 4) is 11.3 Å². The summed E-state index contributed by atoms with van der Waals surface area (Å²) in [4.78, 5) is 27.2. The Hall–Kier alpha value is -3.54. The number of nitrogens with two attached hydrogens (primary N) is 1.